The number of aromatic nitrogens is 2. The molecule has 0 saturated carbocycles. The van der Waals surface area contributed by atoms with Crippen molar-refractivity contribution in [2.24, 2.45) is 13.0 Å². The fourth-order valence-electron chi connectivity index (χ4n) is 3.14. The van der Waals surface area contributed by atoms with Gasteiger partial charge in [0.1, 0.15) is 5.82 Å². The van der Waals surface area contributed by atoms with E-state index in [2.05, 4.69) is 10.3 Å². The molecule has 0 radical (unpaired) electrons. The lowest BCUT2D eigenvalue weighted by atomic mass is 9.90. The number of methoxy groups -OCH3 is 1. The molecule has 1 N–H and O–H groups in total. The fourth-order valence-corrected chi connectivity index (χ4v) is 3.14. The maximum absolute atomic E-state index is 13.6. The highest BCUT2D eigenvalue weighted by Crippen LogP contribution is 2.29. The average molecular weight is 347 g/mol. The molecule has 1 aromatic carbocycles. The molecular formula is C18H22FN3O3. The van der Waals surface area contributed by atoms with Crippen molar-refractivity contribution >= 4 is 5.91 Å². The largest absolute Gasteiger partial charge is 0.494 e. The van der Waals surface area contributed by atoms with Gasteiger partial charge in [0.15, 0.2) is 11.6 Å². The van der Waals surface area contributed by atoms with E-state index in [0.717, 1.165) is 18.7 Å². The van der Waals surface area contributed by atoms with Crippen molar-refractivity contribution in [1.82, 2.24) is 14.9 Å². The summed E-state index contributed by atoms with van der Waals surface area (Å²) in [6.45, 7) is 1.34. The van der Waals surface area contributed by atoms with E-state index in [1.807, 2.05) is 17.8 Å². The summed E-state index contributed by atoms with van der Waals surface area (Å²) in [5.74, 6) is 0.310. The monoisotopic (exact) mass is 347 g/mol. The third-order valence-electron chi connectivity index (χ3n) is 4.57. The number of carbonyl (C=O) groups excluding carboxylic acids is 1. The second-order valence-electron chi connectivity index (χ2n) is 6.15. The van der Waals surface area contributed by atoms with Gasteiger partial charge < -0.3 is 19.4 Å². The summed E-state index contributed by atoms with van der Waals surface area (Å²) in [4.78, 5) is 17.1. The summed E-state index contributed by atoms with van der Waals surface area (Å²) in [5.41, 5.74) is 0.351. The summed E-state index contributed by atoms with van der Waals surface area (Å²) in [7, 11) is 3.28. The lowest BCUT2D eigenvalue weighted by Gasteiger charge is -2.30. The zero-order valence-electron chi connectivity index (χ0n) is 14.4. The molecule has 134 valence electrons. The lowest BCUT2D eigenvalue weighted by Crippen LogP contribution is -2.37. The van der Waals surface area contributed by atoms with E-state index in [-0.39, 0.29) is 23.6 Å². The Hall–Kier alpha value is -2.41. The van der Waals surface area contributed by atoms with Gasteiger partial charge in [-0.25, -0.2) is 9.37 Å². The SMILES string of the molecule is COc1cc(C(=O)N[C@@H](c2nccn2C)C2CCOCC2)ccc1F. The van der Waals surface area contributed by atoms with Gasteiger partial charge in [-0.2, -0.15) is 0 Å². The zero-order chi connectivity index (χ0) is 17.8. The average Bonchev–Trinajstić information content (AvgIpc) is 3.06. The Morgan fingerprint density at radius 1 is 1.44 bits per heavy atom. The van der Waals surface area contributed by atoms with Crippen molar-refractivity contribution in [2.75, 3.05) is 20.3 Å². The molecule has 1 atom stereocenters. The van der Waals surface area contributed by atoms with Crippen molar-refractivity contribution in [2.45, 2.75) is 18.9 Å². The molecule has 1 amide bonds. The number of ether oxygens (including phenoxy) is 2. The Kier molecular flexibility index (Phi) is 5.33. The van der Waals surface area contributed by atoms with E-state index in [4.69, 9.17) is 9.47 Å². The maximum Gasteiger partial charge on any atom is 0.252 e. The van der Waals surface area contributed by atoms with Crippen LogP contribution in [0.25, 0.3) is 0 Å². The second kappa shape index (κ2) is 7.65. The van der Waals surface area contributed by atoms with Crippen LogP contribution in [0.2, 0.25) is 0 Å². The molecule has 1 aromatic heterocycles. The predicted octanol–water partition coefficient (Wildman–Crippen LogP) is 2.47. The number of hydrogen-bond acceptors (Lipinski definition) is 4. The highest BCUT2D eigenvalue weighted by atomic mass is 19.1. The first-order valence-electron chi connectivity index (χ1n) is 8.29. The van der Waals surface area contributed by atoms with Crippen molar-refractivity contribution < 1.29 is 18.7 Å². The summed E-state index contributed by atoms with van der Waals surface area (Å²) in [6, 6.07) is 3.86. The number of nitrogens with zero attached hydrogens (tertiary/aromatic N) is 2. The van der Waals surface area contributed by atoms with Gasteiger partial charge in [0.2, 0.25) is 0 Å². The van der Waals surface area contributed by atoms with E-state index >= 15 is 0 Å². The highest BCUT2D eigenvalue weighted by molar-refractivity contribution is 5.94. The Bertz CT molecular complexity index is 741. The third-order valence-corrected chi connectivity index (χ3v) is 4.57. The number of benzene rings is 1. The van der Waals surface area contributed by atoms with Gasteiger partial charge in [0.05, 0.1) is 13.2 Å². The lowest BCUT2D eigenvalue weighted by molar-refractivity contribution is 0.0499. The first-order valence-corrected chi connectivity index (χ1v) is 8.29. The maximum atomic E-state index is 13.6. The van der Waals surface area contributed by atoms with Gasteiger partial charge >= 0.3 is 0 Å². The minimum absolute atomic E-state index is 0.0484. The van der Waals surface area contributed by atoms with Crippen LogP contribution >= 0.6 is 0 Å². The fraction of sp³-hybridized carbons (Fsp3) is 0.444. The number of hydrogen-bond donors (Lipinski definition) is 1. The predicted molar refractivity (Wildman–Crippen MR) is 89.9 cm³/mol. The van der Waals surface area contributed by atoms with Crippen LogP contribution in [-0.2, 0) is 11.8 Å². The smallest absolute Gasteiger partial charge is 0.252 e. The van der Waals surface area contributed by atoms with Crippen molar-refractivity contribution in [1.29, 1.82) is 0 Å². The quantitative estimate of drug-likeness (QED) is 0.902. The summed E-state index contributed by atoms with van der Waals surface area (Å²) < 4.78 is 25.9. The number of nitrogens with one attached hydrogen (secondary N) is 1. The van der Waals surface area contributed by atoms with Gasteiger partial charge in [-0.1, -0.05) is 0 Å². The standard InChI is InChI=1S/C18H22FN3O3/c1-22-8-7-20-17(22)16(12-5-9-25-10-6-12)21-18(23)13-3-4-14(19)15(11-13)24-2/h3-4,7-8,11-12,16H,5-6,9-10H2,1-2H3,(H,21,23)/t16-/m1/s1. The van der Waals surface area contributed by atoms with Gasteiger partial charge in [0.25, 0.3) is 5.91 Å². The van der Waals surface area contributed by atoms with Crippen LogP contribution in [0.4, 0.5) is 4.39 Å². The van der Waals surface area contributed by atoms with Gasteiger partial charge in [-0.15, -0.1) is 0 Å². The van der Waals surface area contributed by atoms with Crippen LogP contribution in [0.15, 0.2) is 30.6 Å². The molecule has 25 heavy (non-hydrogen) atoms. The first kappa shape index (κ1) is 17.4. The Labute approximate surface area is 146 Å². The molecule has 3 rings (SSSR count). The molecule has 6 nitrogen and oxygen atoms in total. The molecular weight excluding hydrogens is 325 g/mol. The molecule has 7 heteroatoms. The molecule has 1 fully saturated rings. The van der Waals surface area contributed by atoms with Crippen LogP contribution in [-0.4, -0.2) is 35.8 Å². The normalized spacial score (nSPS) is 16.4. The van der Waals surface area contributed by atoms with E-state index in [1.165, 1.54) is 25.3 Å². The van der Waals surface area contributed by atoms with E-state index in [0.29, 0.717) is 18.8 Å². The Balaban J connectivity index is 1.84. The molecule has 2 aromatic rings. The molecule has 0 unspecified atom stereocenters. The second-order valence-corrected chi connectivity index (χ2v) is 6.15. The summed E-state index contributed by atoms with van der Waals surface area (Å²) in [6.07, 6.45) is 5.28. The number of carbonyl (C=O) groups is 1. The molecule has 2 heterocycles. The molecule has 0 spiro atoms. The number of aryl methyl sites for hydroxylation is 1. The minimum atomic E-state index is -0.496. The van der Waals surface area contributed by atoms with Crippen LogP contribution in [0.5, 0.6) is 5.75 Å². The van der Waals surface area contributed by atoms with Crippen LogP contribution < -0.4 is 10.1 Å². The molecule has 1 aliphatic rings. The van der Waals surface area contributed by atoms with E-state index in [9.17, 15) is 9.18 Å². The van der Waals surface area contributed by atoms with Gasteiger partial charge in [0, 0.05) is 38.2 Å². The minimum Gasteiger partial charge on any atom is -0.494 e. The molecule has 1 aliphatic heterocycles. The van der Waals surface area contributed by atoms with Gasteiger partial charge in [-0.3, -0.25) is 4.79 Å². The van der Waals surface area contributed by atoms with Crippen LogP contribution in [0, 0.1) is 11.7 Å². The third kappa shape index (κ3) is 3.82. The van der Waals surface area contributed by atoms with Crippen molar-refractivity contribution in [3.05, 3.63) is 47.8 Å². The number of rotatable bonds is 5. The molecule has 1 saturated heterocycles. The van der Waals surface area contributed by atoms with Crippen LogP contribution in [0.3, 0.4) is 0 Å². The number of imidazole rings is 1. The van der Waals surface area contributed by atoms with E-state index < -0.39 is 5.82 Å². The zero-order valence-corrected chi connectivity index (χ0v) is 14.4. The van der Waals surface area contributed by atoms with Crippen LogP contribution in [0.1, 0.15) is 35.1 Å². The number of halogens is 1. The highest BCUT2D eigenvalue weighted by Gasteiger charge is 2.30. The van der Waals surface area contributed by atoms with Gasteiger partial charge in [-0.05, 0) is 37.0 Å². The van der Waals surface area contributed by atoms with E-state index in [1.54, 1.807) is 6.20 Å². The molecule has 0 bridgehead atoms. The summed E-state index contributed by atoms with van der Waals surface area (Å²) >= 11 is 0. The Morgan fingerprint density at radius 3 is 2.84 bits per heavy atom. The molecule has 0 aliphatic carbocycles. The topological polar surface area (TPSA) is 65.4 Å². The first-order chi connectivity index (χ1) is 12.1. The summed E-state index contributed by atoms with van der Waals surface area (Å²) in [5, 5.41) is 3.06. The number of amides is 1. The van der Waals surface area contributed by atoms with Crippen molar-refractivity contribution in [3.63, 3.8) is 0 Å². The van der Waals surface area contributed by atoms with Crippen molar-refractivity contribution in [3.8, 4) is 5.75 Å². The Morgan fingerprint density at radius 2 is 2.20 bits per heavy atom.